The van der Waals surface area contributed by atoms with Crippen LogP contribution in [0.25, 0.3) is 0 Å². The van der Waals surface area contributed by atoms with Crippen molar-refractivity contribution in [1.29, 1.82) is 0 Å². The van der Waals surface area contributed by atoms with Gasteiger partial charge in [-0.3, -0.25) is 0 Å². The Morgan fingerprint density at radius 2 is 2.30 bits per heavy atom. The highest BCUT2D eigenvalue weighted by molar-refractivity contribution is 8.06. The molecule has 0 saturated carbocycles. The molecule has 0 aromatic heterocycles. The Hall–Kier alpha value is -0.370. The molecular formula is C8H11NS. The van der Waals surface area contributed by atoms with E-state index in [0.29, 0.717) is 0 Å². The monoisotopic (exact) mass is 153 g/mol. The van der Waals surface area contributed by atoms with Gasteiger partial charge in [0.05, 0.1) is 0 Å². The van der Waals surface area contributed by atoms with Gasteiger partial charge in [0, 0.05) is 17.0 Å². The van der Waals surface area contributed by atoms with E-state index in [4.69, 9.17) is 5.73 Å². The second-order valence-electron chi connectivity index (χ2n) is 2.78. The molecule has 2 bridgehead atoms. The summed E-state index contributed by atoms with van der Waals surface area (Å²) >= 11 is 1.90. The quantitative estimate of drug-likeness (QED) is 0.578. The van der Waals surface area contributed by atoms with E-state index in [-0.39, 0.29) is 0 Å². The zero-order valence-corrected chi connectivity index (χ0v) is 6.71. The van der Waals surface area contributed by atoms with Crippen molar-refractivity contribution in [3.05, 3.63) is 21.6 Å². The average molecular weight is 153 g/mol. The molecule has 2 heterocycles. The molecule has 0 amide bonds. The maximum absolute atomic E-state index is 5.80. The van der Waals surface area contributed by atoms with Crippen LogP contribution >= 0.6 is 11.8 Å². The molecule has 2 aliphatic heterocycles. The van der Waals surface area contributed by atoms with Crippen LogP contribution in [0.3, 0.4) is 0 Å². The van der Waals surface area contributed by atoms with E-state index in [1.807, 2.05) is 11.8 Å². The van der Waals surface area contributed by atoms with Gasteiger partial charge in [-0.05, 0) is 24.2 Å². The molecule has 0 spiro atoms. The van der Waals surface area contributed by atoms with Gasteiger partial charge in [0.2, 0.25) is 0 Å². The lowest BCUT2D eigenvalue weighted by Crippen LogP contribution is -2.07. The van der Waals surface area contributed by atoms with Crippen LogP contribution in [0.2, 0.25) is 0 Å². The number of allylic oxidation sites excluding steroid dienone is 3. The fourth-order valence-electron chi connectivity index (χ4n) is 1.39. The molecule has 1 saturated heterocycles. The van der Waals surface area contributed by atoms with Gasteiger partial charge in [-0.15, -0.1) is 0 Å². The third kappa shape index (κ3) is 0.966. The summed E-state index contributed by atoms with van der Waals surface area (Å²) in [4.78, 5) is 2.97. The van der Waals surface area contributed by atoms with Gasteiger partial charge in [-0.1, -0.05) is 17.8 Å². The van der Waals surface area contributed by atoms with Gasteiger partial charge in [0.25, 0.3) is 0 Å². The predicted molar refractivity (Wildman–Crippen MR) is 45.4 cm³/mol. The molecule has 1 fully saturated rings. The summed E-state index contributed by atoms with van der Waals surface area (Å²) in [7, 11) is 0. The standard InChI is InChI=1S/C8H11NS/c9-7-5-4-6-2-1-3-8(7)10-6/h4H,1-3,5,9H2. The molecule has 0 aromatic rings. The third-order valence-electron chi connectivity index (χ3n) is 1.99. The highest BCUT2D eigenvalue weighted by Gasteiger charge is 2.17. The van der Waals surface area contributed by atoms with Gasteiger partial charge in [0.1, 0.15) is 0 Å². The van der Waals surface area contributed by atoms with Crippen LogP contribution in [-0.2, 0) is 0 Å². The van der Waals surface area contributed by atoms with Gasteiger partial charge in [0.15, 0.2) is 0 Å². The smallest absolute Gasteiger partial charge is 0.0219 e. The fraction of sp³-hybridized carbons (Fsp3) is 0.500. The van der Waals surface area contributed by atoms with Crippen molar-refractivity contribution in [3.63, 3.8) is 0 Å². The SMILES string of the molecule is NC1=C2CCCC(=CC1)S2. The van der Waals surface area contributed by atoms with Crippen molar-refractivity contribution in [3.8, 4) is 0 Å². The molecular weight excluding hydrogens is 142 g/mol. The topological polar surface area (TPSA) is 26.0 Å². The van der Waals surface area contributed by atoms with E-state index in [1.165, 1.54) is 29.1 Å². The number of fused-ring (bicyclic) bond motifs is 2. The van der Waals surface area contributed by atoms with Gasteiger partial charge < -0.3 is 5.73 Å². The largest absolute Gasteiger partial charge is 0.401 e. The minimum atomic E-state index is 0.998. The zero-order valence-electron chi connectivity index (χ0n) is 5.89. The summed E-state index contributed by atoms with van der Waals surface area (Å²) in [5.41, 5.74) is 6.90. The Morgan fingerprint density at radius 3 is 3.10 bits per heavy atom. The van der Waals surface area contributed by atoms with Crippen molar-refractivity contribution in [2.75, 3.05) is 0 Å². The summed E-state index contributed by atoms with van der Waals surface area (Å²) in [5, 5.41) is 0. The van der Waals surface area contributed by atoms with Crippen LogP contribution in [0, 0.1) is 0 Å². The lowest BCUT2D eigenvalue weighted by Gasteiger charge is -2.22. The maximum Gasteiger partial charge on any atom is 0.0219 e. The Labute approximate surface area is 65.4 Å². The lowest BCUT2D eigenvalue weighted by molar-refractivity contribution is 0.812. The molecule has 2 heteroatoms. The minimum Gasteiger partial charge on any atom is -0.401 e. The van der Waals surface area contributed by atoms with Gasteiger partial charge in [-0.2, -0.15) is 0 Å². The van der Waals surface area contributed by atoms with Crippen LogP contribution in [-0.4, -0.2) is 0 Å². The molecule has 2 rings (SSSR count). The molecule has 2 aliphatic rings. The molecule has 54 valence electrons. The van der Waals surface area contributed by atoms with Crippen LogP contribution < -0.4 is 5.73 Å². The number of hydrogen-bond donors (Lipinski definition) is 1. The van der Waals surface area contributed by atoms with Crippen molar-refractivity contribution < 1.29 is 0 Å². The van der Waals surface area contributed by atoms with Crippen molar-refractivity contribution in [2.24, 2.45) is 5.73 Å². The first-order valence-corrected chi connectivity index (χ1v) is 4.52. The Bertz CT molecular complexity index is 215. The van der Waals surface area contributed by atoms with E-state index in [2.05, 4.69) is 6.08 Å². The summed E-state index contributed by atoms with van der Waals surface area (Å²) < 4.78 is 0. The zero-order chi connectivity index (χ0) is 6.97. The molecule has 0 radical (unpaired) electrons. The summed E-state index contributed by atoms with van der Waals surface area (Å²) in [5.74, 6) is 0. The highest BCUT2D eigenvalue weighted by atomic mass is 32.2. The first-order chi connectivity index (χ1) is 4.86. The molecule has 10 heavy (non-hydrogen) atoms. The minimum absolute atomic E-state index is 0.998. The molecule has 2 N–H and O–H groups in total. The molecule has 0 atom stereocenters. The number of hydrogen-bond acceptors (Lipinski definition) is 2. The predicted octanol–water partition coefficient (Wildman–Crippen LogP) is 2.36. The summed E-state index contributed by atoms with van der Waals surface area (Å²) in [6, 6.07) is 0. The van der Waals surface area contributed by atoms with Gasteiger partial charge >= 0.3 is 0 Å². The van der Waals surface area contributed by atoms with E-state index in [1.54, 1.807) is 0 Å². The molecule has 0 aromatic carbocycles. The van der Waals surface area contributed by atoms with Crippen LogP contribution in [0.4, 0.5) is 0 Å². The molecule has 1 nitrogen and oxygen atoms in total. The number of thioether (sulfide) groups is 1. The Balaban J connectivity index is 2.27. The molecule has 0 aliphatic carbocycles. The molecule has 0 unspecified atom stereocenters. The Kier molecular flexibility index (Phi) is 1.49. The summed E-state index contributed by atoms with van der Waals surface area (Å²) in [6.07, 6.45) is 7.06. The first kappa shape index (κ1) is 6.35. The van der Waals surface area contributed by atoms with Crippen molar-refractivity contribution >= 4 is 11.8 Å². The number of rotatable bonds is 0. The first-order valence-electron chi connectivity index (χ1n) is 3.70. The van der Waals surface area contributed by atoms with Gasteiger partial charge in [-0.25, -0.2) is 0 Å². The van der Waals surface area contributed by atoms with Crippen LogP contribution in [0.5, 0.6) is 0 Å². The average Bonchev–Trinajstić information content (AvgIpc) is 1.99. The van der Waals surface area contributed by atoms with E-state index >= 15 is 0 Å². The van der Waals surface area contributed by atoms with E-state index < -0.39 is 0 Å². The van der Waals surface area contributed by atoms with Crippen molar-refractivity contribution in [1.82, 2.24) is 0 Å². The highest BCUT2D eigenvalue weighted by Crippen LogP contribution is 2.42. The van der Waals surface area contributed by atoms with Crippen LogP contribution in [0.15, 0.2) is 21.6 Å². The Morgan fingerprint density at radius 1 is 1.40 bits per heavy atom. The fourth-order valence-corrected chi connectivity index (χ4v) is 2.58. The number of nitrogens with two attached hydrogens (primary N) is 1. The second kappa shape index (κ2) is 2.35. The third-order valence-corrected chi connectivity index (χ3v) is 3.33. The van der Waals surface area contributed by atoms with E-state index in [0.717, 1.165) is 12.1 Å². The van der Waals surface area contributed by atoms with Crippen molar-refractivity contribution in [2.45, 2.75) is 25.7 Å². The summed E-state index contributed by atoms with van der Waals surface area (Å²) in [6.45, 7) is 0. The second-order valence-corrected chi connectivity index (χ2v) is 4.00. The van der Waals surface area contributed by atoms with E-state index in [9.17, 15) is 0 Å². The maximum atomic E-state index is 5.80. The lowest BCUT2D eigenvalue weighted by atomic mass is 10.1. The van der Waals surface area contributed by atoms with Crippen LogP contribution in [0.1, 0.15) is 25.7 Å². The normalized spacial score (nSPS) is 24.6.